The van der Waals surface area contributed by atoms with E-state index < -0.39 is 39.0 Å². The van der Waals surface area contributed by atoms with Gasteiger partial charge in [-0.15, -0.1) is 0 Å². The Morgan fingerprint density at radius 3 is 1.00 bits per heavy atom. The number of hydrogen-bond donors (Lipinski definition) is 0. The third-order valence-corrected chi connectivity index (χ3v) is 24.9. The maximum Gasteiger partial charge on any atom is 0.227 e. The van der Waals surface area contributed by atoms with E-state index in [1.54, 1.807) is 35.9 Å². The van der Waals surface area contributed by atoms with Gasteiger partial charge in [0, 0.05) is 176 Å². The monoisotopic (exact) mass is 1700 g/mol. The molecule has 18 aromatic rings. The Morgan fingerprint density at radius 2 is 0.638 bits per heavy atom. The van der Waals surface area contributed by atoms with Crippen LogP contribution >= 0.6 is 0 Å². The largest absolute Gasteiger partial charge is 0.435 e. The zero-order chi connectivity index (χ0) is 97.9. The van der Waals surface area contributed by atoms with Crippen molar-refractivity contribution >= 4 is 167 Å². The van der Waals surface area contributed by atoms with E-state index in [4.69, 9.17) is 42.1 Å². The molecule has 127 heavy (non-hydrogen) atoms. The van der Waals surface area contributed by atoms with Gasteiger partial charge in [0.25, 0.3) is 0 Å². The Balaban J connectivity index is 0.000000110. The van der Waals surface area contributed by atoms with Gasteiger partial charge in [0.05, 0.1) is 42.6 Å². The van der Waals surface area contributed by atoms with Gasteiger partial charge in [-0.3, -0.25) is 4.90 Å². The van der Waals surface area contributed by atoms with Crippen molar-refractivity contribution in [2.45, 2.75) is 174 Å². The first-order chi connectivity index (χ1) is 65.5. The van der Waals surface area contributed by atoms with Gasteiger partial charge >= 0.3 is 0 Å². The van der Waals surface area contributed by atoms with Crippen molar-refractivity contribution in [3.63, 3.8) is 0 Å². The van der Waals surface area contributed by atoms with E-state index in [0.717, 1.165) is 184 Å². The second-order valence-corrected chi connectivity index (χ2v) is 33.6. The van der Waals surface area contributed by atoms with Crippen LogP contribution in [0.1, 0.15) is 134 Å². The summed E-state index contributed by atoms with van der Waals surface area (Å²) in [7, 11) is 0. The second kappa shape index (κ2) is 32.3. The summed E-state index contributed by atoms with van der Waals surface area (Å²) in [5.41, 5.74) is 24.1. The van der Waals surface area contributed by atoms with Gasteiger partial charge in [-0.05, 0) is 244 Å². The Kier molecular flexibility index (Phi) is 17.8. The smallest absolute Gasteiger partial charge is 0.227 e. The highest BCUT2D eigenvalue weighted by Gasteiger charge is 2.41. The van der Waals surface area contributed by atoms with Gasteiger partial charge < -0.3 is 66.2 Å². The predicted octanol–water partition coefficient (Wildman–Crippen LogP) is 25.6. The summed E-state index contributed by atoms with van der Waals surface area (Å²) in [5, 5.41) is 9.98. The molecule has 0 spiro atoms. The van der Waals surface area contributed by atoms with E-state index in [1.807, 2.05) is 245 Å². The predicted molar refractivity (Wildman–Crippen MR) is 519 cm³/mol. The molecule has 0 amide bonds. The lowest BCUT2D eigenvalue weighted by molar-refractivity contribution is 0.263. The van der Waals surface area contributed by atoms with Crippen LogP contribution in [-0.2, 0) is 0 Å². The number of aromatic nitrogens is 7. The third-order valence-electron chi connectivity index (χ3n) is 24.9. The van der Waals surface area contributed by atoms with E-state index in [2.05, 4.69) is 132 Å². The summed E-state index contributed by atoms with van der Waals surface area (Å²) in [5.74, 6) is 1.65. The van der Waals surface area contributed by atoms with Crippen LogP contribution in [0.4, 0.5) is 57.1 Å². The Morgan fingerprint density at radius 1 is 0.307 bits per heavy atom. The molecule has 6 atom stereocenters. The minimum atomic E-state index is -2.44. The summed E-state index contributed by atoms with van der Waals surface area (Å²) in [6, 6.07) is 56.3. The van der Waals surface area contributed by atoms with Gasteiger partial charge in [-0.25, -0.2) is 34.9 Å². The van der Waals surface area contributed by atoms with Crippen LogP contribution in [0.15, 0.2) is 248 Å². The molecular formula is C105H107N17O5. The van der Waals surface area contributed by atoms with Gasteiger partial charge in [0.15, 0.2) is 39.6 Å². The van der Waals surface area contributed by atoms with Crippen LogP contribution in [0, 0.1) is 69.2 Å². The summed E-state index contributed by atoms with van der Waals surface area (Å²) >= 11 is 0. The van der Waals surface area contributed by atoms with Crippen LogP contribution < -0.4 is 34.3 Å². The Labute approximate surface area is 755 Å². The molecule has 0 aliphatic carbocycles. The third kappa shape index (κ3) is 14.1. The minimum Gasteiger partial charge on any atom is -0.435 e. The number of furan rings is 5. The molecule has 23 rings (SSSR count). The minimum absolute atomic E-state index is 0.0352. The molecule has 16 heterocycles. The molecule has 0 bridgehead atoms. The number of anilines is 10. The highest BCUT2D eigenvalue weighted by atomic mass is 16.4. The number of rotatable bonds is 8. The molecule has 5 aliphatic rings. The number of aryl methyl sites for hydroxylation is 10. The second-order valence-electron chi connectivity index (χ2n) is 33.6. The van der Waals surface area contributed by atoms with Crippen LogP contribution in [0.3, 0.4) is 0 Å². The first-order valence-electron chi connectivity index (χ1n) is 48.3. The van der Waals surface area contributed by atoms with Gasteiger partial charge in [-0.2, -0.15) is 0 Å². The average Bonchev–Trinajstić information content (AvgIpc) is 1.57. The molecule has 22 nitrogen and oxygen atoms in total. The Hall–Kier alpha value is -14.4. The lowest BCUT2D eigenvalue weighted by atomic mass is 10.1. The van der Waals surface area contributed by atoms with E-state index in [-0.39, 0.29) is 24.7 Å². The SMILES string of the molecule is Cc1ccc2c(n1)oc1c(N3c4nccnc4N(c4ccccc4)[C@@H]3C)c(C)ccc12.[2H]C(C)(C)N1C=CN(c2c(C)ccc3c2oc2nc(C)ccc23)[C@H]1C.[2H]C([2H])([2H])C([2H])(C)N1C=CN(c2c(C)ccc3c2oc2nc(C)ccc23)[C@H]1C.[2H]C([2H])([2H])N1C=CN(c2c(C)ccc3c2oc2nc(C)ccc23)[C@H]1C.[2H]C([2H])([2H])N1c2ccccc2N(c2c(C)ccc3c2oc2nc(C)ccc23)[C@H]1C. The number of benzene rings is 7. The van der Waals surface area contributed by atoms with Crippen LogP contribution in [0.5, 0.6) is 0 Å². The van der Waals surface area contributed by atoms with E-state index in [9.17, 15) is 0 Å². The molecule has 11 aromatic heterocycles. The highest BCUT2D eigenvalue weighted by molar-refractivity contribution is 6.14. The average molecular weight is 1700 g/mol. The number of hydrogen-bond acceptors (Lipinski definition) is 22. The summed E-state index contributed by atoms with van der Waals surface area (Å²) in [6.07, 6.45) is 13.3. The molecule has 5 aliphatic heterocycles. The first-order valence-corrected chi connectivity index (χ1v) is 42.8. The van der Waals surface area contributed by atoms with Gasteiger partial charge in [-0.1, -0.05) is 91.0 Å². The molecule has 642 valence electrons. The van der Waals surface area contributed by atoms with E-state index in [1.165, 1.54) is 16.7 Å². The topological polar surface area (TPSA) is 188 Å². The number of pyridine rings is 5. The van der Waals surface area contributed by atoms with Crippen LogP contribution in [0.2, 0.25) is 0 Å². The number of fused-ring (bicyclic) bond motifs is 17. The molecule has 0 saturated heterocycles. The zero-order valence-electron chi connectivity index (χ0n) is 85.4. The summed E-state index contributed by atoms with van der Waals surface area (Å²) < 4.78 is 118. The maximum atomic E-state index is 8.44. The molecule has 0 fully saturated rings. The van der Waals surface area contributed by atoms with Gasteiger partial charge in [0.2, 0.25) is 28.6 Å². The Bertz CT molecular complexity index is 7790. The van der Waals surface area contributed by atoms with Crippen molar-refractivity contribution in [1.82, 2.24) is 49.6 Å². The lowest BCUT2D eigenvalue weighted by Gasteiger charge is -2.33. The molecule has 0 radical (unpaired) electrons. The number of para-hydroxylation sites is 3. The van der Waals surface area contributed by atoms with Crippen LogP contribution in [0.25, 0.3) is 110 Å². The molecule has 7 aromatic carbocycles. The van der Waals surface area contributed by atoms with E-state index >= 15 is 0 Å². The van der Waals surface area contributed by atoms with E-state index in [0.29, 0.717) is 39.8 Å². The van der Waals surface area contributed by atoms with Crippen molar-refractivity contribution in [2.75, 3.05) is 48.3 Å². The fourth-order valence-electron chi connectivity index (χ4n) is 18.4. The van der Waals surface area contributed by atoms with Crippen molar-refractivity contribution in [2.24, 2.45) is 0 Å². The normalized spacial score (nSPS) is 19.3. The first kappa shape index (κ1) is 69.9. The fourth-order valence-corrected chi connectivity index (χ4v) is 18.4. The molecule has 1 unspecified atom stereocenters. The summed E-state index contributed by atoms with van der Waals surface area (Å²) in [4.78, 5) is 51.1. The van der Waals surface area contributed by atoms with Crippen molar-refractivity contribution in [3.05, 3.63) is 282 Å². The lowest BCUT2D eigenvalue weighted by Crippen LogP contribution is -2.39. The van der Waals surface area contributed by atoms with Crippen molar-refractivity contribution in [3.8, 4) is 0 Å². The van der Waals surface area contributed by atoms with Crippen LogP contribution in [-0.4, -0.2) is 106 Å². The number of nitrogens with zero attached hydrogens (tertiary/aromatic N) is 17. The highest BCUT2D eigenvalue weighted by Crippen LogP contribution is 2.52. The zero-order valence-corrected chi connectivity index (χ0v) is 74.4. The standard InChI is InChI=1S/C25H21N5O.C22H21N3O.2C20H23N3O.C18H19N3O/c1-15-9-11-19-20-12-10-16(2)28-25(20)31-22(19)21(15)30-17(3)29(18-7-5-4-6-8-18)23-24(30)27-14-13-26-23;1-13-9-11-16-17-12-10-14(2)23-22(17)26-21(16)20(13)25-15(3)24(4)18-7-5-6-8-19(18)25;2*1-12(2)22-10-11-23(15(22)5)18-13(3)6-8-16-17-9-7-14(4)21-20(17)24-19(16)18;1-11-5-7-14-15-8-6-12(2)19-18(15)22-17(14)16(11)21-10-9-20(4)13(21)3/h4-14,17H,1-3H3;5-12,15H,1-4H3;2*6-12,15H,1-5H3;5-10,13H,1-4H3/t17-;3*15-;13-/m00000/s1/i;4D3;1D3,12D;12D;4D3/t;m;12?,15-;2m. The molecule has 0 saturated carbocycles. The molecule has 0 N–H and O–H groups in total. The fraction of sp³-hybridized carbons (Fsp3) is 0.267. The van der Waals surface area contributed by atoms with Crippen molar-refractivity contribution in [1.29, 1.82) is 0 Å². The quantitative estimate of drug-likeness (QED) is 0.140. The van der Waals surface area contributed by atoms with Gasteiger partial charge in [0.1, 0.15) is 30.8 Å². The summed E-state index contributed by atoms with van der Waals surface area (Å²) in [6.45, 7) is 28.3. The van der Waals surface area contributed by atoms with Crippen molar-refractivity contribution < 1.29 is 37.2 Å². The molecule has 22 heteroatoms. The molecular weight excluding hydrogens is 1580 g/mol. The maximum absolute atomic E-state index is 8.44.